The van der Waals surface area contributed by atoms with Gasteiger partial charge in [-0.15, -0.1) is 0 Å². The Labute approximate surface area is 101 Å². The Hall–Kier alpha value is -1.42. The van der Waals surface area contributed by atoms with Crippen molar-refractivity contribution in [3.63, 3.8) is 0 Å². The van der Waals surface area contributed by atoms with Gasteiger partial charge in [0, 0.05) is 12.0 Å². The molecule has 0 amide bonds. The van der Waals surface area contributed by atoms with Crippen molar-refractivity contribution in [3.05, 3.63) is 29.8 Å². The van der Waals surface area contributed by atoms with Crippen LogP contribution >= 0.6 is 0 Å². The monoisotopic (exact) mass is 242 g/mol. The maximum absolute atomic E-state index is 11.3. The summed E-state index contributed by atoms with van der Waals surface area (Å²) >= 11 is 0. The molecule has 0 radical (unpaired) electrons. The molecule has 0 saturated carbocycles. The third-order valence-electron chi connectivity index (χ3n) is 1.90. The van der Waals surface area contributed by atoms with E-state index in [1.807, 2.05) is 13.8 Å². The summed E-state index contributed by atoms with van der Waals surface area (Å²) in [7, 11) is 0. The maximum atomic E-state index is 11.3. The van der Waals surface area contributed by atoms with Gasteiger partial charge in [-0.25, -0.2) is 0 Å². The topological polar surface area (TPSA) is 35.5 Å². The summed E-state index contributed by atoms with van der Waals surface area (Å²) in [5.41, 5.74) is 0.648. The normalized spacial score (nSPS) is 9.18. The van der Waals surface area contributed by atoms with Crippen molar-refractivity contribution in [1.82, 2.24) is 0 Å². The van der Waals surface area contributed by atoms with Gasteiger partial charge in [0.15, 0.2) is 5.78 Å². The number of hydrogen-bond donors (Lipinski definition) is 0. The highest BCUT2D eigenvalue weighted by molar-refractivity contribution is 5.94. The van der Waals surface area contributed by atoms with Crippen molar-refractivity contribution in [2.24, 2.45) is 0 Å². The number of Topliss-reactive ketones (excluding diaryl/α,β-unsaturated/α-hetero) is 1. The maximum Gasteiger partial charge on any atom is 0.159 e. The molecule has 0 heterocycles. The van der Waals surface area contributed by atoms with Crippen LogP contribution in [0.25, 0.3) is 0 Å². The molecule has 0 unspecified atom stereocenters. The lowest BCUT2D eigenvalue weighted by Crippen LogP contribution is -2.00. The predicted octanol–water partition coefficient (Wildman–Crippen LogP) is 3.59. The molecule has 1 aromatic carbocycles. The highest BCUT2D eigenvalue weighted by Gasteiger charge is 1.99. The molecule has 1 aromatic rings. The second-order valence-corrected chi connectivity index (χ2v) is 3.10. The van der Waals surface area contributed by atoms with E-state index < -0.39 is 0 Å². The molecule has 0 aliphatic heterocycles. The zero-order valence-electron chi connectivity index (χ0n) is 10.5. The molecule has 0 aliphatic rings. The number of ether oxygens (including phenoxy) is 1. The summed E-state index contributed by atoms with van der Waals surface area (Å²) in [5.74, 6) is 0.686. The number of benzene rings is 1. The lowest BCUT2D eigenvalue weighted by atomic mass is 10.1. The Kier molecular flexibility index (Phi) is 8.96. The third-order valence-corrected chi connectivity index (χ3v) is 1.90. The van der Waals surface area contributed by atoms with Crippen LogP contribution in [0.4, 0.5) is 4.53 Å². The van der Waals surface area contributed by atoms with E-state index >= 15 is 0 Å². The molecule has 17 heavy (non-hydrogen) atoms. The molecule has 3 nitrogen and oxygen atoms in total. The van der Waals surface area contributed by atoms with Crippen LogP contribution in [0.1, 0.15) is 37.6 Å². The van der Waals surface area contributed by atoms with Gasteiger partial charge in [0.1, 0.15) is 5.75 Å². The lowest BCUT2D eigenvalue weighted by molar-refractivity contribution is -0.134. The first kappa shape index (κ1) is 15.6. The molecule has 1 rings (SSSR count). The molecular formula is C13H19FO3. The molecule has 0 aromatic heterocycles. The summed E-state index contributed by atoms with van der Waals surface area (Å²) in [5, 5.41) is 0. The zero-order chi connectivity index (χ0) is 13.1. The molecule has 0 aliphatic carbocycles. The molecule has 0 spiro atoms. The fourth-order valence-corrected chi connectivity index (χ4v) is 1.09. The van der Waals surface area contributed by atoms with Gasteiger partial charge >= 0.3 is 0 Å². The Balaban J connectivity index is 0.00000121. The number of ketones is 1. The van der Waals surface area contributed by atoms with Crippen LogP contribution in [0.15, 0.2) is 24.3 Å². The second kappa shape index (κ2) is 9.78. The first-order valence-electron chi connectivity index (χ1n) is 5.71. The van der Waals surface area contributed by atoms with Crippen LogP contribution in [0.5, 0.6) is 5.75 Å². The second-order valence-electron chi connectivity index (χ2n) is 3.10. The quantitative estimate of drug-likeness (QED) is 0.565. The van der Waals surface area contributed by atoms with Crippen molar-refractivity contribution in [1.29, 1.82) is 0 Å². The van der Waals surface area contributed by atoms with Gasteiger partial charge in [0.25, 0.3) is 0 Å². The molecule has 96 valence electrons. The standard InChI is InChI=1S/C11H13FO3.C2H6/c1-9(13)10-3-5-11(6-4-10)14-7-2-8-15-12;1-2/h3-6H,2,7-8H2,1H3;1-2H3. The minimum atomic E-state index is 0.0207. The van der Waals surface area contributed by atoms with Crippen LogP contribution in [0.3, 0.4) is 0 Å². The first-order chi connectivity index (χ1) is 8.24. The van der Waals surface area contributed by atoms with E-state index in [1.165, 1.54) is 6.92 Å². The summed E-state index contributed by atoms with van der Waals surface area (Å²) in [6.07, 6.45) is 0.491. The van der Waals surface area contributed by atoms with Gasteiger partial charge < -0.3 is 4.74 Å². The molecule has 0 N–H and O–H groups in total. The molecule has 0 atom stereocenters. The average molecular weight is 242 g/mol. The summed E-state index contributed by atoms with van der Waals surface area (Å²) in [6, 6.07) is 6.83. The molecule has 0 fully saturated rings. The van der Waals surface area contributed by atoms with Gasteiger partial charge in [-0.3, -0.25) is 4.79 Å². The van der Waals surface area contributed by atoms with E-state index in [2.05, 4.69) is 4.94 Å². The highest BCUT2D eigenvalue weighted by atomic mass is 19.3. The van der Waals surface area contributed by atoms with Gasteiger partial charge in [-0.2, -0.15) is 4.94 Å². The van der Waals surface area contributed by atoms with Crippen LogP contribution in [-0.4, -0.2) is 19.0 Å². The van der Waals surface area contributed by atoms with E-state index in [0.29, 0.717) is 24.3 Å². The summed E-state index contributed by atoms with van der Waals surface area (Å²) in [6.45, 7) is 5.93. The average Bonchev–Trinajstić information content (AvgIpc) is 2.38. The third kappa shape index (κ3) is 6.68. The predicted molar refractivity (Wildman–Crippen MR) is 65.0 cm³/mol. The summed E-state index contributed by atoms with van der Waals surface area (Å²) in [4.78, 5) is 14.4. The SMILES string of the molecule is CC.CC(=O)c1ccc(OCCCOF)cc1. The smallest absolute Gasteiger partial charge is 0.159 e. The van der Waals surface area contributed by atoms with Crippen molar-refractivity contribution in [3.8, 4) is 5.75 Å². The van der Waals surface area contributed by atoms with Crippen molar-refractivity contribution in [2.75, 3.05) is 13.2 Å². The van der Waals surface area contributed by atoms with Crippen molar-refractivity contribution in [2.45, 2.75) is 27.2 Å². The van der Waals surface area contributed by atoms with E-state index in [4.69, 9.17) is 4.74 Å². The minimum Gasteiger partial charge on any atom is -0.494 e. The van der Waals surface area contributed by atoms with E-state index in [0.717, 1.165) is 0 Å². The van der Waals surface area contributed by atoms with Crippen LogP contribution in [0, 0.1) is 0 Å². The van der Waals surface area contributed by atoms with E-state index in [9.17, 15) is 9.32 Å². The molecule has 4 heteroatoms. The Morgan fingerprint density at radius 3 is 2.24 bits per heavy atom. The first-order valence-corrected chi connectivity index (χ1v) is 5.71. The van der Waals surface area contributed by atoms with Gasteiger partial charge in [-0.05, 0) is 35.7 Å². The number of rotatable bonds is 6. The molecular weight excluding hydrogens is 223 g/mol. The number of carbonyl (C=O) groups is 1. The highest BCUT2D eigenvalue weighted by Crippen LogP contribution is 2.12. The van der Waals surface area contributed by atoms with Gasteiger partial charge in [0.2, 0.25) is 0 Å². The van der Waals surface area contributed by atoms with Gasteiger partial charge in [-0.1, -0.05) is 13.8 Å². The Morgan fingerprint density at radius 1 is 1.18 bits per heavy atom. The van der Waals surface area contributed by atoms with E-state index in [1.54, 1.807) is 24.3 Å². The van der Waals surface area contributed by atoms with Crippen LogP contribution in [-0.2, 0) is 4.94 Å². The number of hydrogen-bond acceptors (Lipinski definition) is 3. The van der Waals surface area contributed by atoms with Crippen molar-refractivity contribution < 1.29 is 19.0 Å². The number of halogens is 1. The van der Waals surface area contributed by atoms with Gasteiger partial charge in [0.05, 0.1) is 13.2 Å². The number of carbonyl (C=O) groups excluding carboxylic acids is 1. The fraction of sp³-hybridized carbons (Fsp3) is 0.462. The minimum absolute atomic E-state index is 0.0207. The Morgan fingerprint density at radius 2 is 1.76 bits per heavy atom. The van der Waals surface area contributed by atoms with Crippen LogP contribution < -0.4 is 4.74 Å². The zero-order valence-corrected chi connectivity index (χ0v) is 10.5. The molecule has 0 bridgehead atoms. The van der Waals surface area contributed by atoms with Crippen molar-refractivity contribution >= 4 is 5.78 Å². The molecule has 0 saturated heterocycles. The summed E-state index contributed by atoms with van der Waals surface area (Å²) < 4.78 is 16.6. The van der Waals surface area contributed by atoms with E-state index in [-0.39, 0.29) is 12.4 Å². The van der Waals surface area contributed by atoms with Crippen LogP contribution in [0.2, 0.25) is 0 Å². The Bertz CT molecular complexity index is 309. The largest absolute Gasteiger partial charge is 0.494 e. The fourth-order valence-electron chi connectivity index (χ4n) is 1.09. The lowest BCUT2D eigenvalue weighted by Gasteiger charge is -2.05.